The van der Waals surface area contributed by atoms with Gasteiger partial charge in [0.1, 0.15) is 5.76 Å². The number of hydrogen-bond acceptors (Lipinski definition) is 6. The number of carbonyl (C=O) groups is 1. The second kappa shape index (κ2) is 7.69. The van der Waals surface area contributed by atoms with E-state index in [2.05, 4.69) is 38.7 Å². The van der Waals surface area contributed by atoms with Crippen LogP contribution in [0.2, 0.25) is 0 Å². The van der Waals surface area contributed by atoms with Crippen LogP contribution in [-0.4, -0.2) is 37.1 Å². The number of aromatic nitrogens is 1. The molecule has 146 valence electrons. The van der Waals surface area contributed by atoms with E-state index in [-0.39, 0.29) is 11.7 Å². The van der Waals surface area contributed by atoms with Gasteiger partial charge in [-0.15, -0.1) is 11.3 Å². The van der Waals surface area contributed by atoms with Crippen LogP contribution in [0.1, 0.15) is 10.6 Å². The van der Waals surface area contributed by atoms with Gasteiger partial charge in [0.2, 0.25) is 0 Å². The van der Waals surface area contributed by atoms with E-state index in [1.165, 1.54) is 10.1 Å². The lowest BCUT2D eigenvalue weighted by atomic mass is 10.2. The normalized spacial score (nSPS) is 14.3. The van der Waals surface area contributed by atoms with Gasteiger partial charge in [-0.3, -0.25) is 9.78 Å². The van der Waals surface area contributed by atoms with E-state index in [4.69, 9.17) is 4.42 Å². The summed E-state index contributed by atoms with van der Waals surface area (Å²) in [5, 5.41) is 7.47. The number of nitrogens with zero attached hydrogens (tertiary/aromatic N) is 2. The molecule has 1 aliphatic heterocycles. The summed E-state index contributed by atoms with van der Waals surface area (Å²) in [5.41, 5.74) is 1.67. The van der Waals surface area contributed by atoms with Crippen molar-refractivity contribution in [3.63, 3.8) is 0 Å². The third-order valence-electron chi connectivity index (χ3n) is 5.00. The topological polar surface area (TPSA) is 70.4 Å². The molecule has 0 atom stereocenters. The third-order valence-corrected chi connectivity index (χ3v) is 6.13. The summed E-state index contributed by atoms with van der Waals surface area (Å²) < 4.78 is 7.07. The van der Waals surface area contributed by atoms with Crippen molar-refractivity contribution >= 4 is 38.7 Å². The molecular weight excluding hydrogens is 384 g/mol. The molecule has 0 bridgehead atoms. The zero-order valence-electron chi connectivity index (χ0n) is 15.7. The fraction of sp³-hybridized carbons (Fsp3) is 0.182. The Kier molecular flexibility index (Phi) is 4.75. The molecule has 7 heteroatoms. The molecule has 1 fully saturated rings. The molecule has 0 unspecified atom stereocenters. The Labute approximate surface area is 172 Å². The van der Waals surface area contributed by atoms with Gasteiger partial charge in [-0.05, 0) is 35.7 Å². The van der Waals surface area contributed by atoms with Crippen LogP contribution < -0.4 is 15.5 Å². The molecule has 5 rings (SSSR count). The minimum atomic E-state index is -0.276. The van der Waals surface area contributed by atoms with Gasteiger partial charge < -0.3 is 20.0 Å². The summed E-state index contributed by atoms with van der Waals surface area (Å²) in [4.78, 5) is 20.2. The molecule has 29 heavy (non-hydrogen) atoms. The maximum atomic E-state index is 12.8. The van der Waals surface area contributed by atoms with Crippen LogP contribution in [-0.2, 0) is 0 Å². The van der Waals surface area contributed by atoms with Gasteiger partial charge in [-0.2, -0.15) is 0 Å². The number of carbonyl (C=O) groups excluding carboxylic acids is 1. The third kappa shape index (κ3) is 3.62. The Balaban J connectivity index is 1.37. The van der Waals surface area contributed by atoms with Crippen molar-refractivity contribution in [2.24, 2.45) is 0 Å². The number of rotatable bonds is 4. The molecule has 1 aliphatic rings. The minimum absolute atomic E-state index is 0.276. The van der Waals surface area contributed by atoms with Gasteiger partial charge >= 0.3 is 0 Å². The van der Waals surface area contributed by atoms with E-state index in [1.807, 2.05) is 24.3 Å². The zero-order valence-corrected chi connectivity index (χ0v) is 16.5. The molecule has 0 saturated carbocycles. The summed E-state index contributed by atoms with van der Waals surface area (Å²) in [6, 6.07) is 15.8. The van der Waals surface area contributed by atoms with Gasteiger partial charge in [0.25, 0.3) is 5.91 Å². The fourth-order valence-electron chi connectivity index (χ4n) is 3.54. The number of benzene rings is 1. The lowest BCUT2D eigenvalue weighted by Gasteiger charge is -2.30. The highest BCUT2D eigenvalue weighted by Gasteiger charge is 2.18. The monoisotopic (exact) mass is 404 g/mol. The van der Waals surface area contributed by atoms with E-state index < -0.39 is 0 Å². The largest absolute Gasteiger partial charge is 0.450 e. The van der Waals surface area contributed by atoms with Crippen LogP contribution in [0.4, 0.5) is 11.4 Å². The number of amides is 1. The van der Waals surface area contributed by atoms with Crippen molar-refractivity contribution in [2.75, 3.05) is 36.4 Å². The van der Waals surface area contributed by atoms with Crippen LogP contribution >= 0.6 is 11.3 Å². The van der Waals surface area contributed by atoms with Gasteiger partial charge in [0, 0.05) is 37.1 Å². The standard InChI is InChI=1S/C22H20N4O2S/c27-22(25-16-14-24-8-7-17(16)26-11-9-23-10-12-26)19-6-5-18(28-19)21-13-15-3-1-2-4-20(15)29-21/h1-8,13-14,23H,9-12H2,(H,25,27). The lowest BCUT2D eigenvalue weighted by molar-refractivity contribution is 0.0997. The molecule has 0 aliphatic carbocycles. The second-order valence-corrected chi connectivity index (χ2v) is 7.98. The Morgan fingerprint density at radius 1 is 1.14 bits per heavy atom. The number of anilines is 2. The first kappa shape index (κ1) is 17.9. The molecular formula is C22H20N4O2S. The van der Waals surface area contributed by atoms with E-state index in [1.54, 1.807) is 29.8 Å². The molecule has 4 heterocycles. The molecule has 1 aromatic carbocycles. The quantitative estimate of drug-likeness (QED) is 0.533. The van der Waals surface area contributed by atoms with Crippen LogP contribution in [0.3, 0.4) is 0 Å². The molecule has 0 radical (unpaired) electrons. The first-order valence-corrected chi connectivity index (χ1v) is 10.4. The van der Waals surface area contributed by atoms with Crippen molar-refractivity contribution in [1.82, 2.24) is 10.3 Å². The van der Waals surface area contributed by atoms with Crippen LogP contribution in [0, 0.1) is 0 Å². The van der Waals surface area contributed by atoms with Crippen molar-refractivity contribution in [2.45, 2.75) is 0 Å². The highest BCUT2D eigenvalue weighted by molar-refractivity contribution is 7.22. The lowest BCUT2D eigenvalue weighted by Crippen LogP contribution is -2.43. The van der Waals surface area contributed by atoms with Crippen LogP contribution in [0.15, 0.2) is 65.3 Å². The predicted molar refractivity (Wildman–Crippen MR) is 117 cm³/mol. The number of piperazine rings is 1. The maximum absolute atomic E-state index is 12.8. The van der Waals surface area contributed by atoms with Crippen LogP contribution in [0.25, 0.3) is 20.7 Å². The summed E-state index contributed by atoms with van der Waals surface area (Å²) in [5.74, 6) is 0.708. The summed E-state index contributed by atoms with van der Waals surface area (Å²) in [7, 11) is 0. The van der Waals surface area contributed by atoms with Crippen molar-refractivity contribution in [3.8, 4) is 10.6 Å². The summed E-state index contributed by atoms with van der Waals surface area (Å²) >= 11 is 1.65. The van der Waals surface area contributed by atoms with Crippen molar-refractivity contribution in [1.29, 1.82) is 0 Å². The number of furan rings is 1. The fourth-order valence-corrected chi connectivity index (χ4v) is 4.57. The second-order valence-electron chi connectivity index (χ2n) is 6.90. The van der Waals surface area contributed by atoms with Gasteiger partial charge in [-0.25, -0.2) is 0 Å². The zero-order chi connectivity index (χ0) is 19.6. The van der Waals surface area contributed by atoms with Gasteiger partial charge in [-0.1, -0.05) is 18.2 Å². The molecule has 4 aromatic rings. The summed E-state index contributed by atoms with van der Waals surface area (Å²) in [6.07, 6.45) is 3.44. The molecule has 1 saturated heterocycles. The van der Waals surface area contributed by atoms with Gasteiger partial charge in [0.15, 0.2) is 5.76 Å². The minimum Gasteiger partial charge on any atom is -0.450 e. The number of thiophene rings is 1. The molecule has 2 N–H and O–H groups in total. The Bertz CT molecular complexity index is 1130. The number of hydrogen-bond donors (Lipinski definition) is 2. The first-order valence-electron chi connectivity index (χ1n) is 9.58. The molecule has 3 aromatic heterocycles. The van der Waals surface area contributed by atoms with E-state index in [0.717, 1.165) is 36.7 Å². The number of fused-ring (bicyclic) bond motifs is 1. The highest BCUT2D eigenvalue weighted by atomic mass is 32.1. The molecule has 6 nitrogen and oxygen atoms in total. The Hall–Kier alpha value is -3.16. The van der Waals surface area contributed by atoms with Crippen molar-refractivity contribution < 1.29 is 9.21 Å². The average Bonchev–Trinajstić information content (AvgIpc) is 3.42. The molecule has 0 spiro atoms. The SMILES string of the molecule is O=C(Nc1cnccc1N1CCNCC1)c1ccc(-c2cc3ccccc3s2)o1. The van der Waals surface area contributed by atoms with E-state index in [0.29, 0.717) is 11.4 Å². The number of nitrogens with one attached hydrogen (secondary N) is 2. The Morgan fingerprint density at radius 3 is 2.86 bits per heavy atom. The maximum Gasteiger partial charge on any atom is 0.291 e. The van der Waals surface area contributed by atoms with Crippen molar-refractivity contribution in [3.05, 3.63) is 66.7 Å². The highest BCUT2D eigenvalue weighted by Crippen LogP contribution is 2.34. The average molecular weight is 404 g/mol. The summed E-state index contributed by atoms with van der Waals surface area (Å²) in [6.45, 7) is 3.63. The van der Waals surface area contributed by atoms with Crippen LogP contribution in [0.5, 0.6) is 0 Å². The van der Waals surface area contributed by atoms with E-state index in [9.17, 15) is 4.79 Å². The Morgan fingerprint density at radius 2 is 2.00 bits per heavy atom. The smallest absolute Gasteiger partial charge is 0.291 e. The first-order chi connectivity index (χ1) is 14.3. The molecule has 1 amide bonds. The van der Waals surface area contributed by atoms with E-state index >= 15 is 0 Å². The van der Waals surface area contributed by atoms with Gasteiger partial charge in [0.05, 0.1) is 22.4 Å². The predicted octanol–water partition coefficient (Wildman–Crippen LogP) is 4.22. The number of pyridine rings is 1.